The van der Waals surface area contributed by atoms with E-state index in [0.717, 1.165) is 16.6 Å². The minimum Gasteiger partial charge on any atom is -0.370 e. The van der Waals surface area contributed by atoms with Gasteiger partial charge in [0.05, 0.1) is 10.7 Å². The van der Waals surface area contributed by atoms with Crippen LogP contribution in [0.1, 0.15) is 38.3 Å². The van der Waals surface area contributed by atoms with Crippen LogP contribution in [-0.4, -0.2) is 20.1 Å². The van der Waals surface area contributed by atoms with E-state index < -0.39 is 0 Å². The highest BCUT2D eigenvalue weighted by atomic mass is 35.5. The predicted molar refractivity (Wildman–Crippen MR) is 79.5 cm³/mol. The number of anilines is 1. The van der Waals surface area contributed by atoms with E-state index in [2.05, 4.69) is 49.3 Å². The summed E-state index contributed by atoms with van der Waals surface area (Å²) in [4.78, 5) is 2.31. The Morgan fingerprint density at radius 2 is 2.00 bits per heavy atom. The van der Waals surface area contributed by atoms with Crippen molar-refractivity contribution in [2.45, 2.75) is 38.8 Å². The summed E-state index contributed by atoms with van der Waals surface area (Å²) >= 11 is 6.43. The second kappa shape index (κ2) is 5.50. The fourth-order valence-corrected chi connectivity index (χ4v) is 2.68. The van der Waals surface area contributed by atoms with Crippen molar-refractivity contribution in [1.82, 2.24) is 5.32 Å². The first-order valence-electron chi connectivity index (χ1n) is 6.74. The second-order valence-electron chi connectivity index (χ2n) is 5.41. The molecular weight excluding hydrogens is 244 g/mol. The molecule has 1 aromatic rings. The molecule has 2 unspecified atom stereocenters. The highest BCUT2D eigenvalue weighted by molar-refractivity contribution is 6.33. The zero-order chi connectivity index (χ0) is 13.3. The van der Waals surface area contributed by atoms with Crippen molar-refractivity contribution in [3.05, 3.63) is 28.8 Å². The number of nitrogens with one attached hydrogen (secondary N) is 1. The number of hydrogen-bond acceptors (Lipinski definition) is 2. The van der Waals surface area contributed by atoms with Crippen molar-refractivity contribution in [3.8, 4) is 0 Å². The van der Waals surface area contributed by atoms with Crippen LogP contribution in [0.5, 0.6) is 0 Å². The molecule has 0 bridgehead atoms. The SMILES string of the molecule is CNC(C)c1ccc(N(C)C(C)C2CC2)c(Cl)c1. The molecule has 1 saturated carbocycles. The number of hydrogen-bond donors (Lipinski definition) is 1. The molecule has 0 heterocycles. The van der Waals surface area contributed by atoms with E-state index in [1.54, 1.807) is 0 Å². The van der Waals surface area contributed by atoms with Crippen LogP contribution in [0, 0.1) is 5.92 Å². The largest absolute Gasteiger partial charge is 0.370 e. The summed E-state index contributed by atoms with van der Waals surface area (Å²) in [5.41, 5.74) is 2.38. The average molecular weight is 267 g/mol. The molecule has 0 spiro atoms. The van der Waals surface area contributed by atoms with Crippen molar-refractivity contribution in [2.75, 3.05) is 19.0 Å². The van der Waals surface area contributed by atoms with Crippen LogP contribution in [0.25, 0.3) is 0 Å². The van der Waals surface area contributed by atoms with Gasteiger partial charge < -0.3 is 10.2 Å². The maximum Gasteiger partial charge on any atom is 0.0642 e. The Balaban J connectivity index is 2.18. The molecule has 1 N–H and O–H groups in total. The summed E-state index contributed by atoms with van der Waals surface area (Å²) in [6.07, 6.45) is 2.72. The molecule has 0 radical (unpaired) electrons. The van der Waals surface area contributed by atoms with Crippen LogP contribution < -0.4 is 10.2 Å². The Morgan fingerprint density at radius 1 is 1.33 bits per heavy atom. The Bertz CT molecular complexity index is 415. The van der Waals surface area contributed by atoms with E-state index >= 15 is 0 Å². The van der Waals surface area contributed by atoms with Gasteiger partial charge >= 0.3 is 0 Å². The summed E-state index contributed by atoms with van der Waals surface area (Å²) in [6, 6.07) is 7.30. The number of rotatable bonds is 5. The van der Waals surface area contributed by atoms with Gasteiger partial charge in [0.15, 0.2) is 0 Å². The van der Waals surface area contributed by atoms with Gasteiger partial charge in [-0.2, -0.15) is 0 Å². The average Bonchev–Trinajstić information content (AvgIpc) is 3.20. The standard InChI is InChI=1S/C15H23ClN2/c1-10(17-3)13-7-8-15(14(16)9-13)18(4)11(2)12-5-6-12/h7-12,17H,5-6H2,1-4H3. The second-order valence-corrected chi connectivity index (χ2v) is 5.82. The zero-order valence-corrected chi connectivity index (χ0v) is 12.5. The minimum absolute atomic E-state index is 0.336. The van der Waals surface area contributed by atoms with Crippen molar-refractivity contribution < 1.29 is 0 Å². The molecule has 2 atom stereocenters. The summed E-state index contributed by atoms with van der Waals surface area (Å²) in [6.45, 7) is 4.43. The lowest BCUT2D eigenvalue weighted by Crippen LogP contribution is -2.30. The van der Waals surface area contributed by atoms with Gasteiger partial charge in [-0.05, 0) is 57.4 Å². The van der Waals surface area contributed by atoms with Crippen LogP contribution in [-0.2, 0) is 0 Å². The quantitative estimate of drug-likeness (QED) is 0.871. The maximum atomic E-state index is 6.43. The van der Waals surface area contributed by atoms with Gasteiger partial charge in [-0.25, -0.2) is 0 Å². The van der Waals surface area contributed by atoms with E-state index in [1.165, 1.54) is 18.4 Å². The Morgan fingerprint density at radius 3 is 2.50 bits per heavy atom. The van der Waals surface area contributed by atoms with Crippen LogP contribution in [0.15, 0.2) is 18.2 Å². The lowest BCUT2D eigenvalue weighted by atomic mass is 10.1. The maximum absolute atomic E-state index is 6.43. The minimum atomic E-state index is 0.336. The first-order chi connectivity index (χ1) is 8.54. The molecule has 2 nitrogen and oxygen atoms in total. The lowest BCUT2D eigenvalue weighted by Gasteiger charge is -2.28. The molecule has 18 heavy (non-hydrogen) atoms. The predicted octanol–water partition coefficient (Wildman–Crippen LogP) is 3.86. The summed E-state index contributed by atoms with van der Waals surface area (Å²) < 4.78 is 0. The van der Waals surface area contributed by atoms with Gasteiger partial charge in [0, 0.05) is 19.1 Å². The highest BCUT2D eigenvalue weighted by Crippen LogP contribution is 2.38. The van der Waals surface area contributed by atoms with Gasteiger partial charge in [0.25, 0.3) is 0 Å². The van der Waals surface area contributed by atoms with E-state index in [4.69, 9.17) is 11.6 Å². The molecule has 0 amide bonds. The van der Waals surface area contributed by atoms with Gasteiger partial charge in [-0.15, -0.1) is 0 Å². The third-order valence-corrected chi connectivity index (χ3v) is 4.50. The smallest absolute Gasteiger partial charge is 0.0642 e. The summed E-state index contributed by atoms with van der Waals surface area (Å²) in [5, 5.41) is 4.09. The summed E-state index contributed by atoms with van der Waals surface area (Å²) in [5.74, 6) is 0.849. The molecule has 2 rings (SSSR count). The van der Waals surface area contributed by atoms with Crippen LogP contribution in [0.4, 0.5) is 5.69 Å². The number of benzene rings is 1. The molecule has 0 aromatic heterocycles. The van der Waals surface area contributed by atoms with E-state index in [9.17, 15) is 0 Å². The molecule has 0 aliphatic heterocycles. The van der Waals surface area contributed by atoms with Gasteiger partial charge in [-0.1, -0.05) is 17.7 Å². The fourth-order valence-electron chi connectivity index (χ4n) is 2.36. The van der Waals surface area contributed by atoms with Crippen molar-refractivity contribution >= 4 is 17.3 Å². The third kappa shape index (κ3) is 2.81. The highest BCUT2D eigenvalue weighted by Gasteiger charge is 2.31. The first kappa shape index (κ1) is 13.7. The van der Waals surface area contributed by atoms with E-state index in [-0.39, 0.29) is 0 Å². The number of nitrogens with zero attached hydrogens (tertiary/aromatic N) is 1. The van der Waals surface area contributed by atoms with Crippen molar-refractivity contribution in [2.24, 2.45) is 5.92 Å². The Labute approximate surface area is 115 Å². The molecular formula is C15H23ClN2. The van der Waals surface area contributed by atoms with Crippen LogP contribution in [0.3, 0.4) is 0 Å². The first-order valence-corrected chi connectivity index (χ1v) is 7.12. The van der Waals surface area contributed by atoms with Crippen molar-refractivity contribution in [3.63, 3.8) is 0 Å². The fraction of sp³-hybridized carbons (Fsp3) is 0.600. The van der Waals surface area contributed by atoms with Gasteiger partial charge in [0.1, 0.15) is 0 Å². The summed E-state index contributed by atoms with van der Waals surface area (Å²) in [7, 11) is 4.11. The van der Waals surface area contributed by atoms with Gasteiger partial charge in [-0.3, -0.25) is 0 Å². The van der Waals surface area contributed by atoms with E-state index in [1.807, 2.05) is 7.05 Å². The zero-order valence-electron chi connectivity index (χ0n) is 11.7. The molecule has 1 aliphatic rings. The third-order valence-electron chi connectivity index (χ3n) is 4.20. The topological polar surface area (TPSA) is 15.3 Å². The Kier molecular flexibility index (Phi) is 4.18. The molecule has 1 aromatic carbocycles. The van der Waals surface area contributed by atoms with Gasteiger partial charge in [0.2, 0.25) is 0 Å². The molecule has 1 fully saturated rings. The molecule has 100 valence electrons. The molecule has 3 heteroatoms. The van der Waals surface area contributed by atoms with E-state index in [0.29, 0.717) is 12.1 Å². The lowest BCUT2D eigenvalue weighted by molar-refractivity contribution is 0.608. The molecule has 1 aliphatic carbocycles. The molecule has 0 saturated heterocycles. The normalized spacial score (nSPS) is 18.5. The number of halogens is 1. The Hall–Kier alpha value is -0.730. The van der Waals surface area contributed by atoms with Crippen LogP contribution >= 0.6 is 11.6 Å². The monoisotopic (exact) mass is 266 g/mol. The van der Waals surface area contributed by atoms with Crippen molar-refractivity contribution in [1.29, 1.82) is 0 Å². The van der Waals surface area contributed by atoms with Crippen LogP contribution in [0.2, 0.25) is 5.02 Å².